The van der Waals surface area contributed by atoms with Crippen LogP contribution in [0.5, 0.6) is 11.5 Å². The van der Waals surface area contributed by atoms with Gasteiger partial charge in [0.1, 0.15) is 24.7 Å². The summed E-state index contributed by atoms with van der Waals surface area (Å²) in [6.45, 7) is 6.99. The maximum atomic E-state index is 12.2. The van der Waals surface area contributed by atoms with Crippen LogP contribution in [0.25, 0.3) is 90.9 Å². The molecule has 2 aliphatic rings. The van der Waals surface area contributed by atoms with Crippen molar-refractivity contribution in [1.82, 2.24) is 19.9 Å². The fourth-order valence-corrected chi connectivity index (χ4v) is 10.2. The van der Waals surface area contributed by atoms with E-state index in [1.165, 1.54) is 24.3 Å². The van der Waals surface area contributed by atoms with Gasteiger partial charge in [-0.2, -0.15) is 16.8 Å². The Kier molecular flexibility index (Phi) is 21.8. The van der Waals surface area contributed by atoms with Crippen LogP contribution in [0.3, 0.4) is 0 Å². The third-order valence-electron chi connectivity index (χ3n) is 13.3. The van der Waals surface area contributed by atoms with Crippen molar-refractivity contribution in [3.8, 4) is 56.0 Å². The molecular formula is C62H66N4O16S2. The number of hydrogen-bond donors (Lipinski definition) is 4. The van der Waals surface area contributed by atoms with E-state index in [9.17, 15) is 25.9 Å². The van der Waals surface area contributed by atoms with Crippen molar-refractivity contribution in [3.05, 3.63) is 144 Å². The maximum absolute atomic E-state index is 12.2. The van der Waals surface area contributed by atoms with Gasteiger partial charge in [-0.1, -0.05) is 48.5 Å². The number of ether oxygens (including phenoxy) is 10. The maximum Gasteiger partial charge on any atom is 0.294 e. The Hall–Kier alpha value is -7.42. The SMILES string of the molecule is COCCOCCOCCOCCOc1ccc(-c2c3nc(c(-c4ccc(OCCOCCOCCOCCOC)cc4)c4ccc([nH]4)c(-c4ccc(S(=O)(=O)O)cc4)c4nc(c(-c5ccc(S(=O)(=O)O)cc5)c5ccc2[nH]5)C=C4)C=C3)cc1. The van der Waals surface area contributed by atoms with Crippen LogP contribution in [0.4, 0.5) is 0 Å². The first-order valence-corrected chi connectivity index (χ1v) is 30.0. The molecule has 9 rings (SSSR count). The summed E-state index contributed by atoms with van der Waals surface area (Å²) in [5, 5.41) is 0. The van der Waals surface area contributed by atoms with Gasteiger partial charge >= 0.3 is 0 Å². The minimum absolute atomic E-state index is 0.277. The second-order valence-corrected chi connectivity index (χ2v) is 21.8. The molecule has 22 heteroatoms. The first-order valence-electron chi connectivity index (χ1n) is 27.1. The molecule has 4 aromatic carbocycles. The van der Waals surface area contributed by atoms with E-state index in [4.69, 9.17) is 57.3 Å². The summed E-state index contributed by atoms with van der Waals surface area (Å²) in [7, 11) is -5.77. The van der Waals surface area contributed by atoms with Gasteiger partial charge in [0.05, 0.1) is 125 Å². The van der Waals surface area contributed by atoms with E-state index < -0.39 is 20.2 Å². The van der Waals surface area contributed by atoms with E-state index in [1.54, 1.807) is 38.5 Å². The average Bonchev–Trinajstić information content (AvgIpc) is 4.18. The van der Waals surface area contributed by atoms with Gasteiger partial charge in [-0.05, 0) is 119 Å². The number of H-pyrrole nitrogens is 2. The van der Waals surface area contributed by atoms with Crippen molar-refractivity contribution < 1.29 is 73.3 Å². The minimum Gasteiger partial charge on any atom is -0.491 e. The van der Waals surface area contributed by atoms with Gasteiger partial charge in [-0.15, -0.1) is 0 Å². The molecule has 3 aromatic heterocycles. The number of benzene rings is 4. The molecule has 0 spiro atoms. The van der Waals surface area contributed by atoms with Crippen molar-refractivity contribution in [2.75, 3.05) is 120 Å². The zero-order chi connectivity index (χ0) is 58.7. The highest BCUT2D eigenvalue weighted by molar-refractivity contribution is 7.86. The van der Waals surface area contributed by atoms with Gasteiger partial charge in [0.15, 0.2) is 0 Å². The van der Waals surface area contributed by atoms with Crippen molar-refractivity contribution in [1.29, 1.82) is 0 Å². The number of nitrogens with zero attached hydrogens (tertiary/aromatic N) is 2. The standard InChI is InChI=1S/C62H66N4O16S2/c1-73-27-29-75-31-33-77-35-37-79-39-41-81-47-11-3-43(4-12-47)59-51-19-20-52(63-51)60(44-5-13-48(14-6-44)82-42-40-80-38-36-78-34-32-76-30-28-74-2)54-22-24-56(65-54)62(46-9-17-50(18-10-46)84(70,71)72)58-26-25-57(66-58)61(55-23-21-53(59)64-55)45-7-15-49(16-8-45)83(67,68)69/h3-26,64-65H,27-42H2,1-2H3,(H,67,68,69)(H,70,71,72). The van der Waals surface area contributed by atoms with Crippen LogP contribution in [0, 0.1) is 0 Å². The van der Waals surface area contributed by atoms with Gasteiger partial charge in [0, 0.05) is 58.5 Å². The number of hydrogen-bond acceptors (Lipinski definition) is 16. The zero-order valence-electron chi connectivity index (χ0n) is 46.5. The minimum atomic E-state index is -4.51. The smallest absolute Gasteiger partial charge is 0.294 e. The monoisotopic (exact) mass is 1190 g/mol. The molecule has 8 bridgehead atoms. The molecule has 0 saturated carbocycles. The van der Waals surface area contributed by atoms with Crippen LogP contribution in [0.2, 0.25) is 0 Å². The third-order valence-corrected chi connectivity index (χ3v) is 15.0. The van der Waals surface area contributed by atoms with Crippen LogP contribution >= 0.6 is 0 Å². The second kappa shape index (κ2) is 29.9. The number of rotatable bonds is 32. The summed E-state index contributed by atoms with van der Waals surface area (Å²) in [5.41, 5.74) is 10.5. The number of nitrogens with one attached hydrogen (secondary N) is 2. The van der Waals surface area contributed by atoms with Crippen molar-refractivity contribution in [3.63, 3.8) is 0 Å². The first kappa shape index (κ1) is 61.1. The molecule has 0 unspecified atom stereocenters. The summed E-state index contributed by atoms with van der Waals surface area (Å²) in [4.78, 5) is 17.4. The molecule has 0 amide bonds. The molecule has 0 saturated heterocycles. The average molecular weight is 1190 g/mol. The molecule has 0 atom stereocenters. The molecule has 5 heterocycles. The Labute approximate surface area is 487 Å². The predicted molar refractivity (Wildman–Crippen MR) is 320 cm³/mol. The first-order chi connectivity index (χ1) is 40.9. The van der Waals surface area contributed by atoms with Gasteiger partial charge in [-0.25, -0.2) is 9.97 Å². The van der Waals surface area contributed by atoms with Crippen LogP contribution in [0.1, 0.15) is 22.8 Å². The Morgan fingerprint density at radius 1 is 0.333 bits per heavy atom. The van der Waals surface area contributed by atoms with Gasteiger partial charge in [0.25, 0.3) is 20.2 Å². The highest BCUT2D eigenvalue weighted by atomic mass is 32.2. The van der Waals surface area contributed by atoms with E-state index in [2.05, 4.69) is 9.97 Å². The van der Waals surface area contributed by atoms with E-state index in [0.717, 1.165) is 22.3 Å². The van der Waals surface area contributed by atoms with Crippen molar-refractivity contribution >= 4 is 66.6 Å². The van der Waals surface area contributed by atoms with E-state index in [-0.39, 0.29) is 9.79 Å². The van der Waals surface area contributed by atoms with Crippen LogP contribution in [-0.2, 0) is 58.1 Å². The molecule has 20 nitrogen and oxygen atoms in total. The fourth-order valence-electron chi connectivity index (χ4n) is 9.25. The van der Waals surface area contributed by atoms with Gasteiger partial charge in [-0.3, -0.25) is 9.11 Å². The van der Waals surface area contributed by atoms with Crippen molar-refractivity contribution in [2.45, 2.75) is 9.79 Å². The molecule has 84 heavy (non-hydrogen) atoms. The Morgan fingerprint density at radius 3 is 0.821 bits per heavy atom. The number of methoxy groups -OCH3 is 2. The third kappa shape index (κ3) is 16.5. The summed E-state index contributed by atoms with van der Waals surface area (Å²) >= 11 is 0. The number of aromatic nitrogens is 4. The van der Waals surface area contributed by atoms with E-state index in [1.807, 2.05) is 97.1 Å². The lowest BCUT2D eigenvalue weighted by atomic mass is 10.0. The topological polar surface area (TPSA) is 258 Å². The molecule has 0 radical (unpaired) electrons. The van der Waals surface area contributed by atoms with Gasteiger partial charge in [0.2, 0.25) is 0 Å². The van der Waals surface area contributed by atoms with Crippen LogP contribution < -0.4 is 9.47 Å². The van der Waals surface area contributed by atoms with Crippen molar-refractivity contribution in [2.24, 2.45) is 0 Å². The summed E-state index contributed by atoms with van der Waals surface area (Å²) < 4.78 is 124. The van der Waals surface area contributed by atoms with E-state index in [0.29, 0.717) is 184 Å². The molecular weight excluding hydrogens is 1120 g/mol. The highest BCUT2D eigenvalue weighted by Crippen LogP contribution is 2.39. The summed E-state index contributed by atoms with van der Waals surface area (Å²) in [6, 6.07) is 34.9. The molecule has 4 N–H and O–H groups in total. The highest BCUT2D eigenvalue weighted by Gasteiger charge is 2.21. The lowest BCUT2D eigenvalue weighted by Gasteiger charge is -2.10. The molecule has 2 aliphatic heterocycles. The zero-order valence-corrected chi connectivity index (χ0v) is 48.1. The van der Waals surface area contributed by atoms with Crippen LogP contribution in [0.15, 0.2) is 131 Å². The van der Waals surface area contributed by atoms with Crippen LogP contribution in [-0.4, -0.2) is 166 Å². The lowest BCUT2D eigenvalue weighted by molar-refractivity contribution is 0.000164. The molecule has 0 fully saturated rings. The lowest BCUT2D eigenvalue weighted by Crippen LogP contribution is -2.13. The second-order valence-electron chi connectivity index (χ2n) is 18.9. The number of fused-ring (bicyclic) bond motifs is 8. The summed E-state index contributed by atoms with van der Waals surface area (Å²) in [6.07, 6.45) is 7.61. The number of aromatic amines is 2. The quantitative estimate of drug-likeness (QED) is 0.0226. The molecule has 7 aromatic rings. The Balaban J connectivity index is 1.10. The fraction of sp³-hybridized carbons (Fsp3) is 0.290. The Bertz CT molecular complexity index is 3530. The molecule has 442 valence electrons. The van der Waals surface area contributed by atoms with Gasteiger partial charge < -0.3 is 57.3 Å². The Morgan fingerprint density at radius 2 is 0.571 bits per heavy atom. The van der Waals surface area contributed by atoms with E-state index >= 15 is 0 Å². The normalized spacial score (nSPS) is 12.3. The largest absolute Gasteiger partial charge is 0.491 e. The summed E-state index contributed by atoms with van der Waals surface area (Å²) in [5.74, 6) is 1.27. The predicted octanol–water partition coefficient (Wildman–Crippen LogP) is 9.97. The molecule has 0 aliphatic carbocycles.